The van der Waals surface area contributed by atoms with Gasteiger partial charge in [0.25, 0.3) is 0 Å². The van der Waals surface area contributed by atoms with E-state index in [1.165, 1.54) is 18.2 Å². The molecule has 0 radical (unpaired) electrons. The molecule has 1 aromatic carbocycles. The Morgan fingerprint density at radius 2 is 2.00 bits per heavy atom. The summed E-state index contributed by atoms with van der Waals surface area (Å²) >= 11 is 3.29. The van der Waals surface area contributed by atoms with Crippen LogP contribution in [0.25, 0.3) is 0 Å². The maximum absolute atomic E-state index is 12.1. The van der Waals surface area contributed by atoms with Gasteiger partial charge in [0, 0.05) is 5.33 Å². The van der Waals surface area contributed by atoms with Crippen molar-refractivity contribution in [1.29, 1.82) is 0 Å². The number of benzene rings is 1. The molecular formula is C12H14BrF3O2. The molecule has 1 aromatic rings. The summed E-state index contributed by atoms with van der Waals surface area (Å²) in [6.07, 6.45) is -3.22. The largest absolute Gasteiger partial charge is 0.573 e. The lowest BCUT2D eigenvalue weighted by Gasteiger charge is -2.13. The monoisotopic (exact) mass is 326 g/mol. The van der Waals surface area contributed by atoms with Crippen LogP contribution in [-0.4, -0.2) is 18.3 Å². The molecule has 6 heteroatoms. The van der Waals surface area contributed by atoms with Crippen molar-refractivity contribution in [2.24, 2.45) is 0 Å². The fourth-order valence-corrected chi connectivity index (χ4v) is 1.78. The average molecular weight is 327 g/mol. The Bertz CT molecular complexity index is 380. The van der Waals surface area contributed by atoms with Crippen LogP contribution in [0, 0.1) is 0 Å². The number of aryl methyl sites for hydroxylation is 1. The first-order valence-corrected chi connectivity index (χ1v) is 6.66. The van der Waals surface area contributed by atoms with Gasteiger partial charge in [0.15, 0.2) is 0 Å². The van der Waals surface area contributed by atoms with Crippen molar-refractivity contribution in [3.05, 3.63) is 23.8 Å². The van der Waals surface area contributed by atoms with Gasteiger partial charge in [0.1, 0.15) is 11.5 Å². The van der Waals surface area contributed by atoms with Gasteiger partial charge in [-0.15, -0.1) is 13.2 Å². The summed E-state index contributed by atoms with van der Waals surface area (Å²) in [5, 5.41) is 0.781. The SMILES string of the molecule is CCOc1ccc(OC(F)(F)F)cc1CCCBr. The molecule has 0 spiro atoms. The lowest BCUT2D eigenvalue weighted by molar-refractivity contribution is -0.274. The minimum Gasteiger partial charge on any atom is -0.494 e. The van der Waals surface area contributed by atoms with E-state index < -0.39 is 6.36 Å². The second-order valence-corrected chi connectivity index (χ2v) is 4.34. The first-order valence-electron chi connectivity index (χ1n) is 5.53. The van der Waals surface area contributed by atoms with Gasteiger partial charge in [-0.25, -0.2) is 0 Å². The minimum atomic E-state index is -4.67. The molecular weight excluding hydrogens is 313 g/mol. The Labute approximate surface area is 112 Å². The number of hydrogen-bond donors (Lipinski definition) is 0. The van der Waals surface area contributed by atoms with Gasteiger partial charge in [-0.1, -0.05) is 15.9 Å². The molecule has 102 valence electrons. The van der Waals surface area contributed by atoms with E-state index in [0.29, 0.717) is 18.8 Å². The van der Waals surface area contributed by atoms with Crippen molar-refractivity contribution in [3.8, 4) is 11.5 Å². The van der Waals surface area contributed by atoms with Crippen molar-refractivity contribution < 1.29 is 22.6 Å². The molecule has 0 aliphatic rings. The van der Waals surface area contributed by atoms with E-state index in [1.807, 2.05) is 6.92 Å². The Morgan fingerprint density at radius 1 is 1.28 bits per heavy atom. The minimum absolute atomic E-state index is 0.212. The summed E-state index contributed by atoms with van der Waals surface area (Å²) in [5.41, 5.74) is 0.720. The molecule has 0 atom stereocenters. The first-order chi connectivity index (χ1) is 8.46. The third-order valence-corrected chi connectivity index (χ3v) is 2.71. The van der Waals surface area contributed by atoms with E-state index in [2.05, 4.69) is 20.7 Å². The van der Waals surface area contributed by atoms with Gasteiger partial charge in [0.05, 0.1) is 6.61 Å². The van der Waals surface area contributed by atoms with Crippen LogP contribution in [0.15, 0.2) is 18.2 Å². The van der Waals surface area contributed by atoms with Gasteiger partial charge >= 0.3 is 6.36 Å². The Kier molecular flexibility index (Phi) is 5.78. The fraction of sp³-hybridized carbons (Fsp3) is 0.500. The van der Waals surface area contributed by atoms with Crippen LogP contribution in [0.3, 0.4) is 0 Å². The predicted octanol–water partition coefficient (Wildman–Crippen LogP) is 4.31. The molecule has 0 aliphatic carbocycles. The van der Waals surface area contributed by atoms with Gasteiger partial charge in [-0.2, -0.15) is 0 Å². The van der Waals surface area contributed by atoms with Crippen LogP contribution in [0.2, 0.25) is 0 Å². The fourth-order valence-electron chi connectivity index (χ4n) is 1.50. The molecule has 0 amide bonds. The third kappa shape index (κ3) is 5.16. The van der Waals surface area contributed by atoms with Gasteiger partial charge in [-0.05, 0) is 43.5 Å². The molecule has 0 bridgehead atoms. The van der Waals surface area contributed by atoms with Crippen molar-refractivity contribution in [3.63, 3.8) is 0 Å². The van der Waals surface area contributed by atoms with Crippen LogP contribution >= 0.6 is 15.9 Å². The van der Waals surface area contributed by atoms with Crippen molar-refractivity contribution in [2.45, 2.75) is 26.1 Å². The maximum Gasteiger partial charge on any atom is 0.573 e. The van der Waals surface area contributed by atoms with E-state index in [1.54, 1.807) is 0 Å². The van der Waals surface area contributed by atoms with Crippen molar-refractivity contribution >= 4 is 15.9 Å². The van der Waals surface area contributed by atoms with Gasteiger partial charge in [0.2, 0.25) is 0 Å². The molecule has 0 unspecified atom stereocenters. The molecule has 0 N–H and O–H groups in total. The van der Waals surface area contributed by atoms with Crippen LogP contribution in [0.5, 0.6) is 11.5 Å². The lowest BCUT2D eigenvalue weighted by Crippen LogP contribution is -2.17. The first kappa shape index (κ1) is 15.1. The molecule has 18 heavy (non-hydrogen) atoms. The van der Waals surface area contributed by atoms with Crippen LogP contribution in [0.4, 0.5) is 13.2 Å². The summed E-state index contributed by atoms with van der Waals surface area (Å²) in [5.74, 6) is 0.392. The Hall–Kier alpha value is -0.910. The Morgan fingerprint density at radius 3 is 2.56 bits per heavy atom. The molecule has 1 rings (SSSR count). The number of halogens is 4. The highest BCUT2D eigenvalue weighted by atomic mass is 79.9. The highest BCUT2D eigenvalue weighted by Crippen LogP contribution is 2.29. The molecule has 0 saturated heterocycles. The second kappa shape index (κ2) is 6.87. The molecule has 0 fully saturated rings. The standard InChI is InChI=1S/C12H14BrF3O2/c1-2-17-11-6-5-10(18-12(14,15)16)8-9(11)4-3-7-13/h5-6,8H,2-4,7H2,1H3. The van der Waals surface area contributed by atoms with Crippen LogP contribution in [0.1, 0.15) is 18.9 Å². The zero-order valence-corrected chi connectivity index (χ0v) is 11.5. The summed E-state index contributed by atoms with van der Waals surface area (Å²) < 4.78 is 45.6. The van der Waals surface area contributed by atoms with E-state index in [4.69, 9.17) is 4.74 Å². The highest BCUT2D eigenvalue weighted by Gasteiger charge is 2.31. The maximum atomic E-state index is 12.1. The number of alkyl halides is 4. The summed E-state index contributed by atoms with van der Waals surface area (Å²) in [6.45, 7) is 2.30. The van der Waals surface area contributed by atoms with E-state index in [-0.39, 0.29) is 5.75 Å². The van der Waals surface area contributed by atoms with Gasteiger partial charge in [-0.3, -0.25) is 0 Å². The molecule has 0 aromatic heterocycles. The smallest absolute Gasteiger partial charge is 0.494 e. The predicted molar refractivity (Wildman–Crippen MR) is 66.4 cm³/mol. The zero-order valence-electron chi connectivity index (χ0n) is 9.89. The molecule has 2 nitrogen and oxygen atoms in total. The Balaban J connectivity index is 2.89. The van der Waals surface area contributed by atoms with Crippen molar-refractivity contribution in [2.75, 3.05) is 11.9 Å². The highest BCUT2D eigenvalue weighted by molar-refractivity contribution is 9.09. The topological polar surface area (TPSA) is 18.5 Å². The number of ether oxygens (including phenoxy) is 2. The molecule has 0 aliphatic heterocycles. The van der Waals surface area contributed by atoms with Crippen molar-refractivity contribution in [1.82, 2.24) is 0 Å². The summed E-state index contributed by atoms with van der Waals surface area (Å²) in [6, 6.07) is 4.14. The van der Waals surface area contributed by atoms with Gasteiger partial charge < -0.3 is 9.47 Å². The summed E-state index contributed by atoms with van der Waals surface area (Å²) in [7, 11) is 0. The normalized spacial score (nSPS) is 11.4. The van der Waals surface area contributed by atoms with Crippen LogP contribution < -0.4 is 9.47 Å². The third-order valence-electron chi connectivity index (χ3n) is 2.15. The number of hydrogen-bond acceptors (Lipinski definition) is 2. The van der Waals surface area contributed by atoms with E-state index >= 15 is 0 Å². The molecule has 0 heterocycles. The lowest BCUT2D eigenvalue weighted by atomic mass is 10.1. The average Bonchev–Trinajstić information content (AvgIpc) is 2.27. The van der Waals surface area contributed by atoms with E-state index in [0.717, 1.165) is 17.3 Å². The van der Waals surface area contributed by atoms with Crippen LogP contribution in [-0.2, 0) is 6.42 Å². The number of rotatable bonds is 6. The quantitative estimate of drug-likeness (QED) is 0.725. The zero-order chi connectivity index (χ0) is 13.6. The molecule has 0 saturated carbocycles. The van der Waals surface area contributed by atoms with E-state index in [9.17, 15) is 13.2 Å². The second-order valence-electron chi connectivity index (χ2n) is 3.54. The summed E-state index contributed by atoms with van der Waals surface area (Å²) in [4.78, 5) is 0.